The van der Waals surface area contributed by atoms with Crippen LogP contribution in [0, 0.1) is 23.0 Å². The third-order valence-corrected chi connectivity index (χ3v) is 3.84. The average molecular weight is 269 g/mol. The Hall–Kier alpha value is -0.960. The van der Waals surface area contributed by atoms with Crippen LogP contribution in [-0.2, 0) is 6.42 Å². The zero-order valence-corrected chi connectivity index (χ0v) is 12.6. The first-order chi connectivity index (χ1) is 8.73. The zero-order valence-electron chi connectivity index (χ0n) is 12.6. The number of hydrogen-bond donors (Lipinski definition) is 1. The molecule has 0 aliphatic heterocycles. The van der Waals surface area contributed by atoms with Gasteiger partial charge >= 0.3 is 0 Å². The summed E-state index contributed by atoms with van der Waals surface area (Å²) < 4.78 is 26.5. The van der Waals surface area contributed by atoms with Gasteiger partial charge in [0.1, 0.15) is 11.6 Å². The first-order valence-electron chi connectivity index (χ1n) is 6.91. The van der Waals surface area contributed by atoms with E-state index in [9.17, 15) is 8.78 Å². The predicted molar refractivity (Wildman–Crippen MR) is 76.1 cm³/mol. The second-order valence-corrected chi connectivity index (χ2v) is 6.30. The van der Waals surface area contributed by atoms with Crippen molar-refractivity contribution in [1.29, 1.82) is 0 Å². The smallest absolute Gasteiger partial charge is 0.126 e. The number of nitrogens with one attached hydrogen (secondary N) is 1. The third kappa shape index (κ3) is 4.90. The lowest BCUT2D eigenvalue weighted by Crippen LogP contribution is -2.40. The van der Waals surface area contributed by atoms with E-state index in [0.717, 1.165) is 18.2 Å². The number of hydrogen-bond acceptors (Lipinski definition) is 1. The molecular weight excluding hydrogens is 244 g/mol. The number of benzene rings is 1. The molecule has 0 aliphatic carbocycles. The van der Waals surface area contributed by atoms with Gasteiger partial charge in [0.15, 0.2) is 0 Å². The van der Waals surface area contributed by atoms with E-state index in [2.05, 4.69) is 39.9 Å². The largest absolute Gasteiger partial charge is 0.314 e. The lowest BCUT2D eigenvalue weighted by molar-refractivity contribution is 0.201. The second-order valence-electron chi connectivity index (χ2n) is 6.30. The minimum atomic E-state index is -0.502. The van der Waals surface area contributed by atoms with Gasteiger partial charge in [0.25, 0.3) is 0 Å². The quantitative estimate of drug-likeness (QED) is 0.817. The maximum Gasteiger partial charge on any atom is 0.126 e. The highest BCUT2D eigenvalue weighted by molar-refractivity contribution is 5.19. The Balaban J connectivity index is 2.88. The Morgan fingerprint density at radius 3 is 2.00 bits per heavy atom. The molecule has 0 amide bonds. The molecule has 0 aliphatic rings. The summed E-state index contributed by atoms with van der Waals surface area (Å²) in [6.07, 6.45) is 0.666. The molecule has 0 saturated heterocycles. The Labute approximate surface area is 115 Å². The van der Waals surface area contributed by atoms with Crippen LogP contribution in [0.1, 0.15) is 40.2 Å². The summed E-state index contributed by atoms with van der Waals surface area (Å²) in [6.45, 7) is 11.5. The van der Waals surface area contributed by atoms with Gasteiger partial charge in [-0.3, -0.25) is 0 Å². The molecule has 1 aromatic rings. The van der Waals surface area contributed by atoms with Gasteiger partial charge in [0, 0.05) is 18.7 Å². The van der Waals surface area contributed by atoms with E-state index in [-0.39, 0.29) is 5.41 Å². The monoisotopic (exact) mass is 269 g/mol. The van der Waals surface area contributed by atoms with Gasteiger partial charge in [-0.2, -0.15) is 0 Å². The molecule has 1 aromatic carbocycles. The Kier molecular flexibility index (Phi) is 5.48. The number of rotatable bonds is 6. The molecule has 19 heavy (non-hydrogen) atoms. The predicted octanol–water partition coefficient (Wildman–Crippen LogP) is 4.17. The van der Waals surface area contributed by atoms with Gasteiger partial charge in [0.2, 0.25) is 0 Å². The van der Waals surface area contributed by atoms with Crippen molar-refractivity contribution in [2.45, 2.75) is 47.1 Å². The molecule has 3 heteroatoms. The van der Waals surface area contributed by atoms with Crippen LogP contribution >= 0.6 is 0 Å². The van der Waals surface area contributed by atoms with E-state index in [1.807, 2.05) is 0 Å². The Bertz CT molecular complexity index is 395. The molecule has 1 N–H and O–H groups in total. The molecule has 0 saturated carbocycles. The van der Waals surface area contributed by atoms with Crippen LogP contribution in [-0.4, -0.2) is 12.6 Å². The van der Waals surface area contributed by atoms with Gasteiger partial charge in [-0.25, -0.2) is 8.78 Å². The van der Waals surface area contributed by atoms with E-state index >= 15 is 0 Å². The summed E-state index contributed by atoms with van der Waals surface area (Å²) in [5, 5.41) is 3.43. The van der Waals surface area contributed by atoms with Crippen LogP contribution < -0.4 is 5.32 Å². The van der Waals surface area contributed by atoms with Gasteiger partial charge in [0.05, 0.1) is 0 Å². The minimum absolute atomic E-state index is 0.0233. The Morgan fingerprint density at radius 1 is 1.05 bits per heavy atom. The van der Waals surface area contributed by atoms with Crippen molar-refractivity contribution in [2.24, 2.45) is 11.3 Å². The third-order valence-electron chi connectivity index (χ3n) is 3.84. The molecule has 1 atom stereocenters. The topological polar surface area (TPSA) is 12.0 Å². The molecule has 0 radical (unpaired) electrons. The van der Waals surface area contributed by atoms with Crippen molar-refractivity contribution in [3.05, 3.63) is 35.4 Å². The summed E-state index contributed by atoms with van der Waals surface area (Å²) in [7, 11) is 0. The van der Waals surface area contributed by atoms with Crippen molar-refractivity contribution < 1.29 is 8.78 Å². The standard InChI is InChI=1S/C16H25F2N/c1-11(2)16(5,10-19-12(3)4)9-13-6-14(17)8-15(18)7-13/h6-8,11-12,19H,9-10H2,1-5H3. The van der Waals surface area contributed by atoms with Crippen LogP contribution in [0.3, 0.4) is 0 Å². The highest BCUT2D eigenvalue weighted by Crippen LogP contribution is 2.31. The van der Waals surface area contributed by atoms with Crippen LogP contribution in [0.2, 0.25) is 0 Å². The van der Waals surface area contributed by atoms with Crippen LogP contribution in [0.25, 0.3) is 0 Å². The molecule has 1 nitrogen and oxygen atoms in total. The van der Waals surface area contributed by atoms with Gasteiger partial charge in [-0.15, -0.1) is 0 Å². The molecule has 1 rings (SSSR count). The van der Waals surface area contributed by atoms with Crippen molar-refractivity contribution in [1.82, 2.24) is 5.32 Å². The highest BCUT2D eigenvalue weighted by atomic mass is 19.1. The van der Waals surface area contributed by atoms with Crippen molar-refractivity contribution in [3.63, 3.8) is 0 Å². The maximum atomic E-state index is 13.3. The fourth-order valence-corrected chi connectivity index (χ4v) is 2.09. The second kappa shape index (κ2) is 6.47. The van der Waals surface area contributed by atoms with Crippen LogP contribution in [0.15, 0.2) is 18.2 Å². The van der Waals surface area contributed by atoms with Crippen LogP contribution in [0.5, 0.6) is 0 Å². The molecular formula is C16H25F2N. The SMILES string of the molecule is CC(C)NCC(C)(Cc1cc(F)cc(F)c1)C(C)C. The van der Waals surface area contributed by atoms with E-state index in [4.69, 9.17) is 0 Å². The van der Waals surface area contributed by atoms with Crippen LogP contribution in [0.4, 0.5) is 8.78 Å². The lowest BCUT2D eigenvalue weighted by atomic mass is 9.74. The molecule has 0 fully saturated rings. The molecule has 0 bridgehead atoms. The van der Waals surface area contributed by atoms with Crippen molar-refractivity contribution in [2.75, 3.05) is 6.54 Å². The molecule has 0 heterocycles. The van der Waals surface area contributed by atoms with Crippen molar-refractivity contribution >= 4 is 0 Å². The summed E-state index contributed by atoms with van der Waals surface area (Å²) >= 11 is 0. The van der Waals surface area contributed by atoms with Gasteiger partial charge in [-0.1, -0.05) is 34.6 Å². The summed E-state index contributed by atoms with van der Waals surface area (Å²) in [5.41, 5.74) is 0.698. The lowest BCUT2D eigenvalue weighted by Gasteiger charge is -2.35. The summed E-state index contributed by atoms with van der Waals surface area (Å²) in [4.78, 5) is 0. The summed E-state index contributed by atoms with van der Waals surface area (Å²) in [6, 6.07) is 4.18. The fourth-order valence-electron chi connectivity index (χ4n) is 2.09. The van der Waals surface area contributed by atoms with E-state index in [1.54, 1.807) is 0 Å². The van der Waals surface area contributed by atoms with Gasteiger partial charge in [-0.05, 0) is 35.4 Å². The minimum Gasteiger partial charge on any atom is -0.314 e. The molecule has 0 spiro atoms. The van der Waals surface area contributed by atoms with E-state index in [1.165, 1.54) is 12.1 Å². The maximum absolute atomic E-state index is 13.3. The first kappa shape index (κ1) is 16.1. The van der Waals surface area contributed by atoms with Crippen molar-refractivity contribution in [3.8, 4) is 0 Å². The summed E-state index contributed by atoms with van der Waals surface area (Å²) in [5.74, 6) is -0.582. The Morgan fingerprint density at radius 2 is 1.58 bits per heavy atom. The van der Waals surface area contributed by atoms with E-state index < -0.39 is 11.6 Å². The van der Waals surface area contributed by atoms with E-state index in [0.29, 0.717) is 18.4 Å². The molecule has 108 valence electrons. The molecule has 1 unspecified atom stereocenters. The normalized spacial score (nSPS) is 15.0. The molecule has 0 aromatic heterocycles. The average Bonchev–Trinajstić information content (AvgIpc) is 2.24. The van der Waals surface area contributed by atoms with Gasteiger partial charge < -0.3 is 5.32 Å². The number of halogens is 2. The first-order valence-corrected chi connectivity index (χ1v) is 6.91. The zero-order chi connectivity index (χ0) is 14.6. The fraction of sp³-hybridized carbons (Fsp3) is 0.625. The highest BCUT2D eigenvalue weighted by Gasteiger charge is 2.29.